The zero-order valence-corrected chi connectivity index (χ0v) is 8.49. The van der Waals surface area contributed by atoms with Crippen molar-refractivity contribution >= 4 is 11.9 Å². The first-order chi connectivity index (χ1) is 6.41. The number of amides is 1. The minimum absolute atomic E-state index is 0.00213. The number of aliphatic hydroxyl groups is 1. The smallest absolute Gasteiger partial charge is 0.306 e. The lowest BCUT2D eigenvalue weighted by atomic mass is 10.1. The molecule has 0 aromatic carbocycles. The van der Waals surface area contributed by atoms with Crippen LogP contribution in [0.1, 0.15) is 26.7 Å². The fraction of sp³-hybridized carbons (Fsp3) is 0.778. The predicted molar refractivity (Wildman–Crippen MR) is 50.7 cm³/mol. The van der Waals surface area contributed by atoms with Gasteiger partial charge < -0.3 is 15.5 Å². The molecule has 0 rings (SSSR count). The number of rotatable bonds is 6. The summed E-state index contributed by atoms with van der Waals surface area (Å²) in [6.45, 7) is 3.82. The van der Waals surface area contributed by atoms with E-state index in [1.165, 1.54) is 0 Å². The van der Waals surface area contributed by atoms with Gasteiger partial charge in [-0.2, -0.15) is 0 Å². The van der Waals surface area contributed by atoms with Gasteiger partial charge in [0.15, 0.2) is 0 Å². The van der Waals surface area contributed by atoms with Crippen LogP contribution in [0.4, 0.5) is 0 Å². The van der Waals surface area contributed by atoms with Crippen molar-refractivity contribution in [2.45, 2.75) is 32.8 Å². The van der Waals surface area contributed by atoms with E-state index in [9.17, 15) is 9.59 Å². The van der Waals surface area contributed by atoms with Crippen LogP contribution < -0.4 is 5.32 Å². The Morgan fingerprint density at radius 3 is 2.29 bits per heavy atom. The van der Waals surface area contributed by atoms with Crippen LogP contribution in [0, 0.1) is 5.92 Å². The molecule has 0 fully saturated rings. The highest BCUT2D eigenvalue weighted by atomic mass is 16.4. The first-order valence-electron chi connectivity index (χ1n) is 4.58. The van der Waals surface area contributed by atoms with E-state index in [-0.39, 0.29) is 24.8 Å². The predicted octanol–water partition coefficient (Wildman–Crippen LogP) is -0.0157. The van der Waals surface area contributed by atoms with Crippen LogP contribution in [-0.2, 0) is 9.59 Å². The van der Waals surface area contributed by atoms with Crippen LogP contribution in [0.2, 0.25) is 0 Å². The molecule has 0 bridgehead atoms. The summed E-state index contributed by atoms with van der Waals surface area (Å²) in [5.74, 6) is -0.980. The maximum atomic E-state index is 11.1. The van der Waals surface area contributed by atoms with Gasteiger partial charge in [0.2, 0.25) is 5.91 Å². The third-order valence-electron chi connectivity index (χ3n) is 1.54. The largest absolute Gasteiger partial charge is 0.481 e. The van der Waals surface area contributed by atoms with Gasteiger partial charge >= 0.3 is 5.97 Å². The van der Waals surface area contributed by atoms with Gasteiger partial charge in [-0.05, 0) is 5.92 Å². The molecule has 0 aromatic rings. The number of aliphatic carboxylic acids is 1. The van der Waals surface area contributed by atoms with Gasteiger partial charge in [-0.3, -0.25) is 9.59 Å². The summed E-state index contributed by atoms with van der Waals surface area (Å²) in [7, 11) is 0. The monoisotopic (exact) mass is 203 g/mol. The molecular weight excluding hydrogens is 186 g/mol. The Hall–Kier alpha value is -1.10. The average Bonchev–Trinajstić information content (AvgIpc) is 1.98. The molecule has 1 atom stereocenters. The van der Waals surface area contributed by atoms with E-state index in [4.69, 9.17) is 10.2 Å². The first-order valence-corrected chi connectivity index (χ1v) is 4.58. The lowest BCUT2D eigenvalue weighted by Crippen LogP contribution is -2.33. The van der Waals surface area contributed by atoms with Gasteiger partial charge in [0, 0.05) is 13.0 Å². The van der Waals surface area contributed by atoms with Crippen molar-refractivity contribution < 1.29 is 19.8 Å². The van der Waals surface area contributed by atoms with E-state index in [0.29, 0.717) is 6.42 Å². The topological polar surface area (TPSA) is 86.6 Å². The number of aliphatic hydroxyl groups excluding tert-OH is 1. The van der Waals surface area contributed by atoms with Gasteiger partial charge in [0.1, 0.15) is 0 Å². The summed E-state index contributed by atoms with van der Waals surface area (Å²) in [4.78, 5) is 21.2. The van der Waals surface area contributed by atoms with Crippen LogP contribution in [0.3, 0.4) is 0 Å². The molecule has 0 unspecified atom stereocenters. The van der Waals surface area contributed by atoms with E-state index in [1.807, 2.05) is 13.8 Å². The Kier molecular flexibility index (Phi) is 5.87. The summed E-state index contributed by atoms with van der Waals surface area (Å²) in [5.41, 5.74) is 0. The molecule has 0 spiro atoms. The molecule has 1 amide bonds. The summed E-state index contributed by atoms with van der Waals surface area (Å²) < 4.78 is 0. The highest BCUT2D eigenvalue weighted by Gasteiger charge is 2.11. The maximum absolute atomic E-state index is 11.1. The minimum Gasteiger partial charge on any atom is -0.481 e. The number of carboxylic acids is 1. The molecule has 0 aromatic heterocycles. The molecule has 0 saturated carbocycles. The zero-order chi connectivity index (χ0) is 11.1. The second-order valence-corrected chi connectivity index (χ2v) is 3.65. The third kappa shape index (κ3) is 7.54. The SMILES string of the molecule is CC(C)CC(=O)NC[C@@H](O)CC(=O)O. The molecule has 3 N–H and O–H groups in total. The molecular formula is C9H17NO4. The Morgan fingerprint density at radius 2 is 1.86 bits per heavy atom. The third-order valence-corrected chi connectivity index (χ3v) is 1.54. The van der Waals surface area contributed by atoms with Crippen LogP contribution in [0.5, 0.6) is 0 Å². The Balaban J connectivity index is 3.61. The van der Waals surface area contributed by atoms with Gasteiger partial charge in [-0.15, -0.1) is 0 Å². The van der Waals surface area contributed by atoms with E-state index in [1.54, 1.807) is 0 Å². The Morgan fingerprint density at radius 1 is 1.29 bits per heavy atom. The van der Waals surface area contributed by atoms with Crippen LogP contribution >= 0.6 is 0 Å². The molecule has 14 heavy (non-hydrogen) atoms. The minimum atomic E-state index is -1.07. The first kappa shape index (κ1) is 12.9. The number of hydrogen-bond acceptors (Lipinski definition) is 3. The summed E-state index contributed by atoms with van der Waals surface area (Å²) >= 11 is 0. The van der Waals surface area contributed by atoms with Crippen molar-refractivity contribution in [1.29, 1.82) is 0 Å². The lowest BCUT2D eigenvalue weighted by Gasteiger charge is -2.10. The fourth-order valence-electron chi connectivity index (χ4n) is 0.948. The lowest BCUT2D eigenvalue weighted by molar-refractivity contribution is -0.139. The van der Waals surface area contributed by atoms with Crippen molar-refractivity contribution in [3.05, 3.63) is 0 Å². The zero-order valence-electron chi connectivity index (χ0n) is 8.49. The molecule has 0 radical (unpaired) electrons. The van der Waals surface area contributed by atoms with Crippen molar-refractivity contribution in [2.75, 3.05) is 6.54 Å². The molecule has 0 aliphatic heterocycles. The summed E-state index contributed by atoms with van der Waals surface area (Å²) in [5, 5.41) is 19.9. The second-order valence-electron chi connectivity index (χ2n) is 3.65. The number of carbonyl (C=O) groups is 2. The van der Waals surface area contributed by atoms with Crippen molar-refractivity contribution in [3.63, 3.8) is 0 Å². The number of nitrogens with one attached hydrogen (secondary N) is 1. The number of carboxylic acid groups (broad SMARTS) is 1. The molecule has 0 heterocycles. The van der Waals surface area contributed by atoms with Gasteiger partial charge in [0.05, 0.1) is 12.5 Å². The van der Waals surface area contributed by atoms with Crippen molar-refractivity contribution in [2.24, 2.45) is 5.92 Å². The number of carbonyl (C=O) groups excluding carboxylic acids is 1. The molecule has 5 heteroatoms. The molecule has 0 saturated heterocycles. The van der Waals surface area contributed by atoms with Crippen molar-refractivity contribution in [1.82, 2.24) is 5.32 Å². The van der Waals surface area contributed by atoms with Crippen LogP contribution in [-0.4, -0.2) is 34.7 Å². The van der Waals surface area contributed by atoms with E-state index in [0.717, 1.165) is 0 Å². The van der Waals surface area contributed by atoms with Crippen LogP contribution in [0.15, 0.2) is 0 Å². The Bertz CT molecular complexity index is 203. The molecule has 0 aliphatic rings. The summed E-state index contributed by atoms with van der Waals surface area (Å²) in [6, 6.07) is 0. The summed E-state index contributed by atoms with van der Waals surface area (Å²) in [6.07, 6.45) is -0.967. The van der Waals surface area contributed by atoms with E-state index >= 15 is 0 Å². The number of hydrogen-bond donors (Lipinski definition) is 3. The average molecular weight is 203 g/mol. The highest BCUT2D eigenvalue weighted by Crippen LogP contribution is 1.98. The van der Waals surface area contributed by atoms with E-state index in [2.05, 4.69) is 5.32 Å². The van der Waals surface area contributed by atoms with Gasteiger partial charge in [-0.25, -0.2) is 0 Å². The van der Waals surface area contributed by atoms with E-state index < -0.39 is 12.1 Å². The maximum Gasteiger partial charge on any atom is 0.306 e. The van der Waals surface area contributed by atoms with Gasteiger partial charge in [0.25, 0.3) is 0 Å². The molecule has 82 valence electrons. The quantitative estimate of drug-likeness (QED) is 0.566. The highest BCUT2D eigenvalue weighted by molar-refractivity contribution is 5.76. The van der Waals surface area contributed by atoms with Gasteiger partial charge in [-0.1, -0.05) is 13.8 Å². The molecule has 5 nitrogen and oxygen atoms in total. The molecule has 0 aliphatic carbocycles. The second kappa shape index (κ2) is 6.37. The normalized spacial score (nSPS) is 12.6. The van der Waals surface area contributed by atoms with Crippen LogP contribution in [0.25, 0.3) is 0 Å². The Labute approximate surface area is 83.1 Å². The standard InChI is InChI=1S/C9H17NO4/c1-6(2)3-8(12)10-5-7(11)4-9(13)14/h6-7,11H,3-5H2,1-2H3,(H,10,12)(H,13,14)/t7-/m0/s1. The fourth-order valence-corrected chi connectivity index (χ4v) is 0.948. The van der Waals surface area contributed by atoms with Crippen molar-refractivity contribution in [3.8, 4) is 0 Å².